The lowest BCUT2D eigenvalue weighted by Gasteiger charge is -2.13. The van der Waals surface area contributed by atoms with Crippen molar-refractivity contribution in [1.29, 1.82) is 0 Å². The highest BCUT2D eigenvalue weighted by Crippen LogP contribution is 2.22. The van der Waals surface area contributed by atoms with Crippen molar-refractivity contribution in [2.75, 3.05) is 0 Å². The van der Waals surface area contributed by atoms with E-state index in [-0.39, 0.29) is 11.9 Å². The molecule has 0 unspecified atom stereocenters. The van der Waals surface area contributed by atoms with E-state index in [9.17, 15) is 4.79 Å². The van der Waals surface area contributed by atoms with E-state index in [1.54, 1.807) is 6.20 Å². The zero-order valence-electron chi connectivity index (χ0n) is 16.8. The van der Waals surface area contributed by atoms with Crippen LogP contribution in [0.4, 0.5) is 0 Å². The SMILES string of the molecule is CC(C)Cc1ccc(-c2cnc(CCC(=O)N[C@@H](C)c3ccccc3)o2)cc1. The van der Waals surface area contributed by atoms with Crippen LogP contribution < -0.4 is 5.32 Å². The normalized spacial score (nSPS) is 12.1. The van der Waals surface area contributed by atoms with Gasteiger partial charge in [-0.3, -0.25) is 4.79 Å². The Hall–Kier alpha value is -2.88. The Morgan fingerprint density at radius 2 is 1.75 bits per heavy atom. The first-order valence-corrected chi connectivity index (χ1v) is 9.89. The molecule has 0 saturated carbocycles. The number of hydrogen-bond acceptors (Lipinski definition) is 3. The van der Waals surface area contributed by atoms with E-state index in [1.165, 1.54) is 5.56 Å². The number of aromatic nitrogens is 1. The molecule has 0 aliphatic rings. The third-order valence-electron chi connectivity index (χ3n) is 4.68. The molecule has 1 aromatic heterocycles. The monoisotopic (exact) mass is 376 g/mol. The number of hydrogen-bond donors (Lipinski definition) is 1. The van der Waals surface area contributed by atoms with Crippen molar-refractivity contribution in [3.8, 4) is 11.3 Å². The Morgan fingerprint density at radius 1 is 1.04 bits per heavy atom. The lowest BCUT2D eigenvalue weighted by molar-refractivity contribution is -0.121. The Bertz CT molecular complexity index is 882. The van der Waals surface area contributed by atoms with Crippen LogP contribution in [0.1, 0.15) is 50.3 Å². The van der Waals surface area contributed by atoms with Crippen LogP contribution in [0.3, 0.4) is 0 Å². The average Bonchev–Trinajstić information content (AvgIpc) is 3.16. The molecule has 0 aliphatic carbocycles. The van der Waals surface area contributed by atoms with Crippen molar-refractivity contribution in [3.05, 3.63) is 77.8 Å². The molecule has 0 spiro atoms. The summed E-state index contributed by atoms with van der Waals surface area (Å²) in [6.45, 7) is 6.42. The van der Waals surface area contributed by atoms with E-state index in [0.717, 1.165) is 23.3 Å². The number of nitrogens with zero attached hydrogens (tertiary/aromatic N) is 1. The molecule has 0 saturated heterocycles. The van der Waals surface area contributed by atoms with Crippen LogP contribution in [-0.2, 0) is 17.6 Å². The van der Waals surface area contributed by atoms with E-state index in [1.807, 2.05) is 37.3 Å². The fourth-order valence-corrected chi connectivity index (χ4v) is 3.19. The van der Waals surface area contributed by atoms with Crippen molar-refractivity contribution in [2.24, 2.45) is 5.92 Å². The van der Waals surface area contributed by atoms with Gasteiger partial charge < -0.3 is 9.73 Å². The molecule has 1 atom stereocenters. The van der Waals surface area contributed by atoms with Crippen LogP contribution in [0.15, 0.2) is 65.2 Å². The van der Waals surface area contributed by atoms with E-state index in [2.05, 4.69) is 48.4 Å². The number of benzene rings is 2. The molecule has 28 heavy (non-hydrogen) atoms. The fraction of sp³-hybridized carbons (Fsp3) is 0.333. The third kappa shape index (κ3) is 5.56. The van der Waals surface area contributed by atoms with Gasteiger partial charge >= 0.3 is 0 Å². The van der Waals surface area contributed by atoms with Gasteiger partial charge in [-0.2, -0.15) is 0 Å². The van der Waals surface area contributed by atoms with Crippen LogP contribution in [0, 0.1) is 5.92 Å². The van der Waals surface area contributed by atoms with Gasteiger partial charge in [0.2, 0.25) is 5.91 Å². The molecule has 4 heteroatoms. The summed E-state index contributed by atoms with van der Waals surface area (Å²) in [7, 11) is 0. The number of carbonyl (C=O) groups is 1. The first kappa shape index (κ1) is 19.9. The maximum Gasteiger partial charge on any atom is 0.220 e. The fourth-order valence-electron chi connectivity index (χ4n) is 3.19. The van der Waals surface area contributed by atoms with E-state index in [4.69, 9.17) is 4.42 Å². The summed E-state index contributed by atoms with van der Waals surface area (Å²) in [5.74, 6) is 1.96. The van der Waals surface area contributed by atoms with Crippen LogP contribution in [0.25, 0.3) is 11.3 Å². The second-order valence-corrected chi connectivity index (χ2v) is 7.61. The van der Waals surface area contributed by atoms with Crippen LogP contribution in [0.5, 0.6) is 0 Å². The number of carbonyl (C=O) groups excluding carboxylic acids is 1. The van der Waals surface area contributed by atoms with Crippen molar-refractivity contribution >= 4 is 5.91 Å². The first-order chi connectivity index (χ1) is 13.5. The molecule has 3 rings (SSSR count). The lowest BCUT2D eigenvalue weighted by Crippen LogP contribution is -2.26. The molecule has 0 radical (unpaired) electrons. The second kappa shape index (κ2) is 9.36. The van der Waals surface area contributed by atoms with Gasteiger partial charge in [-0.25, -0.2) is 4.98 Å². The van der Waals surface area contributed by atoms with E-state index < -0.39 is 0 Å². The third-order valence-corrected chi connectivity index (χ3v) is 4.68. The second-order valence-electron chi connectivity index (χ2n) is 7.61. The molecule has 0 fully saturated rings. The Morgan fingerprint density at radius 3 is 2.43 bits per heavy atom. The molecule has 1 amide bonds. The molecule has 4 nitrogen and oxygen atoms in total. The summed E-state index contributed by atoms with van der Waals surface area (Å²) in [5, 5.41) is 3.02. The number of nitrogens with one attached hydrogen (secondary N) is 1. The molecular formula is C24H28N2O2. The molecule has 146 valence electrons. The summed E-state index contributed by atoms with van der Waals surface area (Å²) in [6, 6.07) is 18.3. The standard InChI is InChI=1S/C24H28N2O2/c1-17(2)15-19-9-11-21(12-10-19)22-16-25-24(28-22)14-13-23(27)26-18(3)20-7-5-4-6-8-20/h4-12,16-18H,13-15H2,1-3H3,(H,26,27)/t18-/m0/s1. The van der Waals surface area contributed by atoms with E-state index in [0.29, 0.717) is 24.7 Å². The van der Waals surface area contributed by atoms with Gasteiger partial charge in [0.25, 0.3) is 0 Å². The van der Waals surface area contributed by atoms with Crippen molar-refractivity contribution < 1.29 is 9.21 Å². The topological polar surface area (TPSA) is 55.1 Å². The highest BCUT2D eigenvalue weighted by atomic mass is 16.4. The first-order valence-electron chi connectivity index (χ1n) is 9.89. The molecule has 1 heterocycles. The maximum absolute atomic E-state index is 12.2. The summed E-state index contributed by atoms with van der Waals surface area (Å²) in [5.41, 5.74) is 3.42. The number of oxazole rings is 1. The van der Waals surface area contributed by atoms with Crippen molar-refractivity contribution in [2.45, 2.75) is 46.1 Å². The van der Waals surface area contributed by atoms with Gasteiger partial charge in [0.15, 0.2) is 11.7 Å². The number of rotatable bonds is 8. The van der Waals surface area contributed by atoms with Gasteiger partial charge in [0.05, 0.1) is 12.2 Å². The van der Waals surface area contributed by atoms with Gasteiger partial charge in [-0.05, 0) is 30.4 Å². The minimum absolute atomic E-state index is 0.00542. The molecular weight excluding hydrogens is 348 g/mol. The highest BCUT2D eigenvalue weighted by Gasteiger charge is 2.12. The molecule has 3 aromatic rings. The predicted octanol–water partition coefficient (Wildman–Crippen LogP) is 5.35. The van der Waals surface area contributed by atoms with Crippen LogP contribution >= 0.6 is 0 Å². The molecule has 0 bridgehead atoms. The summed E-state index contributed by atoms with van der Waals surface area (Å²) < 4.78 is 5.84. The minimum Gasteiger partial charge on any atom is -0.441 e. The van der Waals surface area contributed by atoms with Crippen LogP contribution in [0.2, 0.25) is 0 Å². The summed E-state index contributed by atoms with van der Waals surface area (Å²) in [4.78, 5) is 16.5. The van der Waals surface area contributed by atoms with E-state index >= 15 is 0 Å². The van der Waals surface area contributed by atoms with Gasteiger partial charge in [-0.15, -0.1) is 0 Å². The zero-order valence-corrected chi connectivity index (χ0v) is 16.8. The van der Waals surface area contributed by atoms with Gasteiger partial charge in [-0.1, -0.05) is 68.4 Å². The largest absolute Gasteiger partial charge is 0.441 e. The number of amides is 1. The van der Waals surface area contributed by atoms with Crippen molar-refractivity contribution in [1.82, 2.24) is 10.3 Å². The smallest absolute Gasteiger partial charge is 0.220 e. The quantitative estimate of drug-likeness (QED) is 0.576. The minimum atomic E-state index is -0.0156. The summed E-state index contributed by atoms with van der Waals surface area (Å²) in [6.07, 6.45) is 3.64. The zero-order chi connectivity index (χ0) is 19.9. The lowest BCUT2D eigenvalue weighted by atomic mass is 10.0. The Balaban J connectivity index is 1.52. The maximum atomic E-state index is 12.2. The van der Waals surface area contributed by atoms with Crippen LogP contribution in [-0.4, -0.2) is 10.9 Å². The van der Waals surface area contributed by atoms with Gasteiger partial charge in [0.1, 0.15) is 0 Å². The predicted molar refractivity (Wildman–Crippen MR) is 112 cm³/mol. The molecule has 1 N–H and O–H groups in total. The molecule has 2 aromatic carbocycles. The Labute approximate surface area is 167 Å². The summed E-state index contributed by atoms with van der Waals surface area (Å²) >= 11 is 0. The number of aryl methyl sites for hydroxylation is 1. The highest BCUT2D eigenvalue weighted by molar-refractivity contribution is 5.76. The Kier molecular flexibility index (Phi) is 6.64. The molecule has 0 aliphatic heterocycles. The van der Waals surface area contributed by atoms with Gasteiger partial charge in [0, 0.05) is 18.4 Å². The van der Waals surface area contributed by atoms with Crippen molar-refractivity contribution in [3.63, 3.8) is 0 Å². The average molecular weight is 377 g/mol.